The molecule has 0 fully saturated rings. The van der Waals surface area contributed by atoms with Crippen LogP contribution < -0.4 is 0 Å². The second kappa shape index (κ2) is 5.63. The van der Waals surface area contributed by atoms with E-state index in [4.69, 9.17) is 4.74 Å². The van der Waals surface area contributed by atoms with E-state index in [1.807, 2.05) is 18.2 Å². The van der Waals surface area contributed by atoms with Gasteiger partial charge in [0, 0.05) is 11.8 Å². The first-order chi connectivity index (χ1) is 9.78. The smallest absolute Gasteiger partial charge is 0.223 e. The Morgan fingerprint density at radius 3 is 2.95 bits per heavy atom. The van der Waals surface area contributed by atoms with E-state index in [1.165, 1.54) is 0 Å². The monoisotopic (exact) mass is 285 g/mol. The number of hydrogen-bond acceptors (Lipinski definition) is 5. The van der Waals surface area contributed by atoms with Crippen LogP contribution in [0.3, 0.4) is 0 Å². The van der Waals surface area contributed by atoms with Crippen molar-refractivity contribution in [3.8, 4) is 0 Å². The number of rotatable bonds is 3. The molecule has 0 N–H and O–H groups in total. The Labute approximate surface area is 122 Å². The Hall–Kier alpha value is -1.88. The van der Waals surface area contributed by atoms with Crippen molar-refractivity contribution < 1.29 is 4.74 Å². The summed E-state index contributed by atoms with van der Waals surface area (Å²) in [6.07, 6.45) is 1.80. The van der Waals surface area contributed by atoms with Crippen LogP contribution in [0.1, 0.15) is 23.6 Å². The molecule has 1 aromatic carbocycles. The van der Waals surface area contributed by atoms with Gasteiger partial charge in [0.25, 0.3) is 0 Å². The number of aliphatic imine (C=N–C) groups is 1. The van der Waals surface area contributed by atoms with Gasteiger partial charge in [0.05, 0.1) is 5.56 Å². The molecule has 3 rings (SSSR count). The molecule has 20 heavy (non-hydrogen) atoms. The maximum Gasteiger partial charge on any atom is 0.223 e. The van der Waals surface area contributed by atoms with Crippen LogP contribution >= 0.6 is 11.8 Å². The van der Waals surface area contributed by atoms with Crippen LogP contribution in [0.2, 0.25) is 0 Å². The van der Waals surface area contributed by atoms with Gasteiger partial charge in [-0.2, -0.15) is 4.99 Å². The van der Waals surface area contributed by atoms with Crippen molar-refractivity contribution in [3.05, 3.63) is 47.2 Å². The van der Waals surface area contributed by atoms with Crippen LogP contribution in [0.25, 0.3) is 0 Å². The fourth-order valence-corrected chi connectivity index (χ4v) is 2.54. The average Bonchev–Trinajstić information content (AvgIpc) is 2.47. The minimum Gasteiger partial charge on any atom is -0.472 e. The largest absolute Gasteiger partial charge is 0.472 e. The van der Waals surface area contributed by atoms with E-state index in [0.717, 1.165) is 33.4 Å². The van der Waals surface area contributed by atoms with E-state index in [2.05, 4.69) is 34.9 Å². The number of aromatic nitrogens is 2. The van der Waals surface area contributed by atoms with Crippen LogP contribution in [0, 0.1) is 6.92 Å². The summed E-state index contributed by atoms with van der Waals surface area (Å²) in [5.41, 5.74) is 3.09. The van der Waals surface area contributed by atoms with E-state index in [1.54, 1.807) is 18.0 Å². The second-order valence-electron chi connectivity index (χ2n) is 4.45. The summed E-state index contributed by atoms with van der Waals surface area (Å²) >= 11 is 1.62. The van der Waals surface area contributed by atoms with E-state index < -0.39 is 0 Å². The molecule has 0 saturated carbocycles. The van der Waals surface area contributed by atoms with Gasteiger partial charge in [-0.1, -0.05) is 36.9 Å². The second-order valence-corrected chi connectivity index (χ2v) is 5.69. The molecule has 5 heteroatoms. The molecule has 4 nitrogen and oxygen atoms in total. The standard InChI is InChI=1S/C15H15N3OS/c1-3-20-15-16-8-11-9-19-14(17-13(11)18-15)12-7-5-4-6-10(12)2/h4-8H,3,9H2,1-2H3. The third-order valence-corrected chi connectivity index (χ3v) is 3.78. The molecular weight excluding hydrogens is 270 g/mol. The Morgan fingerprint density at radius 1 is 1.30 bits per heavy atom. The van der Waals surface area contributed by atoms with E-state index in [0.29, 0.717) is 12.5 Å². The van der Waals surface area contributed by atoms with Gasteiger partial charge < -0.3 is 4.74 Å². The molecule has 1 aliphatic heterocycles. The number of fused-ring (bicyclic) bond motifs is 1. The fourth-order valence-electron chi connectivity index (χ4n) is 2.00. The molecule has 0 saturated heterocycles. The van der Waals surface area contributed by atoms with Gasteiger partial charge in [-0.3, -0.25) is 0 Å². The maximum absolute atomic E-state index is 5.73. The topological polar surface area (TPSA) is 47.4 Å². The Bertz CT molecular complexity index is 670. The Morgan fingerprint density at radius 2 is 2.15 bits per heavy atom. The number of aryl methyl sites for hydroxylation is 1. The van der Waals surface area contributed by atoms with Crippen molar-refractivity contribution in [3.63, 3.8) is 0 Å². The lowest BCUT2D eigenvalue weighted by Gasteiger charge is -2.17. The first kappa shape index (κ1) is 13.1. The molecular formula is C15H15N3OS. The fraction of sp³-hybridized carbons (Fsp3) is 0.267. The molecule has 1 aromatic heterocycles. The van der Waals surface area contributed by atoms with Crippen LogP contribution in [-0.2, 0) is 11.3 Å². The zero-order chi connectivity index (χ0) is 13.9. The van der Waals surface area contributed by atoms with Crippen molar-refractivity contribution in [1.82, 2.24) is 9.97 Å². The lowest BCUT2D eigenvalue weighted by Crippen LogP contribution is -2.13. The maximum atomic E-state index is 5.73. The number of hydrogen-bond donors (Lipinski definition) is 0. The lowest BCUT2D eigenvalue weighted by molar-refractivity contribution is 0.286. The summed E-state index contributed by atoms with van der Waals surface area (Å²) in [5, 5.41) is 0.765. The first-order valence-corrected chi connectivity index (χ1v) is 7.52. The highest BCUT2D eigenvalue weighted by atomic mass is 32.2. The Balaban J connectivity index is 2.00. The SMILES string of the molecule is CCSc1ncc2c(n1)N=C(c1ccccc1C)OC2. The lowest BCUT2D eigenvalue weighted by atomic mass is 10.1. The average molecular weight is 285 g/mol. The van der Waals surface area contributed by atoms with Crippen LogP contribution in [0.5, 0.6) is 0 Å². The Kier molecular flexibility index (Phi) is 3.69. The van der Waals surface area contributed by atoms with Crippen molar-refractivity contribution in [1.29, 1.82) is 0 Å². The highest BCUT2D eigenvalue weighted by molar-refractivity contribution is 7.99. The van der Waals surface area contributed by atoms with Gasteiger partial charge in [0.15, 0.2) is 11.0 Å². The van der Waals surface area contributed by atoms with Gasteiger partial charge in [0.1, 0.15) is 6.61 Å². The molecule has 2 aromatic rings. The summed E-state index contributed by atoms with van der Waals surface area (Å²) in [6, 6.07) is 8.06. The van der Waals surface area contributed by atoms with E-state index >= 15 is 0 Å². The predicted molar refractivity (Wildman–Crippen MR) is 80.6 cm³/mol. The van der Waals surface area contributed by atoms with E-state index in [-0.39, 0.29) is 0 Å². The minimum atomic E-state index is 0.472. The van der Waals surface area contributed by atoms with Crippen molar-refractivity contribution in [2.45, 2.75) is 25.6 Å². The van der Waals surface area contributed by atoms with Gasteiger partial charge in [0.2, 0.25) is 5.90 Å². The van der Waals surface area contributed by atoms with Crippen molar-refractivity contribution in [2.75, 3.05) is 5.75 Å². The zero-order valence-electron chi connectivity index (χ0n) is 11.5. The summed E-state index contributed by atoms with van der Waals surface area (Å²) < 4.78 is 5.73. The van der Waals surface area contributed by atoms with E-state index in [9.17, 15) is 0 Å². The third kappa shape index (κ3) is 2.54. The van der Waals surface area contributed by atoms with Crippen molar-refractivity contribution in [2.24, 2.45) is 4.99 Å². The molecule has 0 spiro atoms. The number of ether oxygens (including phenoxy) is 1. The van der Waals surface area contributed by atoms with Gasteiger partial charge >= 0.3 is 0 Å². The highest BCUT2D eigenvalue weighted by Crippen LogP contribution is 2.26. The van der Waals surface area contributed by atoms with Gasteiger partial charge in [-0.05, 0) is 24.3 Å². The first-order valence-electron chi connectivity index (χ1n) is 6.54. The number of benzene rings is 1. The molecule has 0 radical (unpaired) electrons. The summed E-state index contributed by atoms with van der Waals surface area (Å²) in [4.78, 5) is 13.3. The van der Waals surface area contributed by atoms with Crippen LogP contribution in [0.15, 0.2) is 40.6 Å². The third-order valence-electron chi connectivity index (χ3n) is 3.04. The quantitative estimate of drug-likeness (QED) is 0.639. The molecule has 102 valence electrons. The molecule has 1 aliphatic rings. The van der Waals surface area contributed by atoms with Crippen LogP contribution in [0.4, 0.5) is 5.82 Å². The molecule has 2 heterocycles. The normalized spacial score (nSPS) is 13.4. The molecule has 0 aliphatic carbocycles. The number of thioether (sulfide) groups is 1. The summed E-state index contributed by atoms with van der Waals surface area (Å²) in [7, 11) is 0. The van der Waals surface area contributed by atoms with Crippen molar-refractivity contribution >= 4 is 23.5 Å². The van der Waals surface area contributed by atoms with Crippen LogP contribution in [-0.4, -0.2) is 21.6 Å². The molecule has 0 amide bonds. The summed E-state index contributed by atoms with van der Waals surface area (Å²) in [6.45, 7) is 4.60. The molecule has 0 atom stereocenters. The minimum absolute atomic E-state index is 0.472. The number of nitrogens with zero attached hydrogens (tertiary/aromatic N) is 3. The van der Waals surface area contributed by atoms with Gasteiger partial charge in [-0.15, -0.1) is 0 Å². The molecule has 0 unspecified atom stereocenters. The zero-order valence-corrected chi connectivity index (χ0v) is 12.3. The highest BCUT2D eigenvalue weighted by Gasteiger charge is 2.18. The van der Waals surface area contributed by atoms with Gasteiger partial charge in [-0.25, -0.2) is 9.97 Å². The predicted octanol–water partition coefficient (Wildman–Crippen LogP) is 3.51. The molecule has 0 bridgehead atoms. The summed E-state index contributed by atoms with van der Waals surface area (Å²) in [5.74, 6) is 2.31.